The number of hydrogen-bond donors (Lipinski definition) is 1. The molecule has 0 aliphatic heterocycles. The molecule has 0 bridgehead atoms. The van der Waals surface area contributed by atoms with E-state index in [0.717, 1.165) is 10.5 Å². The van der Waals surface area contributed by atoms with Gasteiger partial charge in [0, 0.05) is 15.6 Å². The number of anilines is 1. The fourth-order valence-corrected chi connectivity index (χ4v) is 3.36. The lowest BCUT2D eigenvalue weighted by Gasteiger charge is -2.19. The average molecular weight is 322 g/mol. The summed E-state index contributed by atoms with van der Waals surface area (Å²) >= 11 is 5.96. The van der Waals surface area contributed by atoms with E-state index in [1.165, 1.54) is 5.56 Å². The summed E-state index contributed by atoms with van der Waals surface area (Å²) in [5.41, 5.74) is 8.67. The Morgan fingerprint density at radius 1 is 1.10 bits per heavy atom. The van der Waals surface area contributed by atoms with Crippen molar-refractivity contribution in [3.05, 3.63) is 58.6 Å². The van der Waals surface area contributed by atoms with Crippen molar-refractivity contribution in [2.75, 3.05) is 5.73 Å². The molecule has 0 heterocycles. The van der Waals surface area contributed by atoms with E-state index < -0.39 is 10.8 Å². The molecule has 0 fully saturated rings. The average Bonchev–Trinajstić information content (AvgIpc) is 2.42. The minimum absolute atomic E-state index is 0.0946. The van der Waals surface area contributed by atoms with Gasteiger partial charge in [-0.2, -0.15) is 0 Å². The van der Waals surface area contributed by atoms with Gasteiger partial charge in [0.05, 0.1) is 16.6 Å². The van der Waals surface area contributed by atoms with Crippen molar-refractivity contribution < 1.29 is 4.21 Å². The molecule has 2 rings (SSSR count). The Labute approximate surface area is 133 Å². The third-order valence-corrected chi connectivity index (χ3v) is 4.98. The maximum atomic E-state index is 12.5. The quantitative estimate of drug-likeness (QED) is 0.844. The number of rotatable bonds is 3. The predicted octanol–water partition coefficient (Wildman–Crippen LogP) is 4.53. The molecule has 112 valence electrons. The largest absolute Gasteiger partial charge is 0.398 e. The second-order valence-electron chi connectivity index (χ2n) is 6.11. The number of benzene rings is 2. The van der Waals surface area contributed by atoms with E-state index in [1.807, 2.05) is 24.3 Å². The van der Waals surface area contributed by atoms with Gasteiger partial charge in [0.2, 0.25) is 0 Å². The van der Waals surface area contributed by atoms with Crippen molar-refractivity contribution in [2.24, 2.45) is 0 Å². The van der Waals surface area contributed by atoms with Crippen molar-refractivity contribution >= 4 is 28.1 Å². The summed E-state index contributed by atoms with van der Waals surface area (Å²) in [4.78, 5) is 0.808. The molecule has 2 aromatic rings. The molecule has 1 unspecified atom stereocenters. The zero-order valence-corrected chi connectivity index (χ0v) is 14.1. The molecule has 4 heteroatoms. The van der Waals surface area contributed by atoms with Gasteiger partial charge in [-0.15, -0.1) is 0 Å². The van der Waals surface area contributed by atoms with Crippen LogP contribution in [0.15, 0.2) is 47.4 Å². The minimum Gasteiger partial charge on any atom is -0.398 e. The maximum Gasteiger partial charge on any atom is 0.0574 e. The first-order chi connectivity index (χ1) is 9.77. The molecule has 2 nitrogen and oxygen atoms in total. The molecule has 0 aromatic heterocycles. The molecule has 21 heavy (non-hydrogen) atoms. The number of halogens is 1. The summed E-state index contributed by atoms with van der Waals surface area (Å²) in [7, 11) is -1.13. The first-order valence-electron chi connectivity index (χ1n) is 6.80. The van der Waals surface area contributed by atoms with Crippen molar-refractivity contribution in [1.82, 2.24) is 0 Å². The summed E-state index contributed by atoms with van der Waals surface area (Å²) in [6.45, 7) is 6.48. The molecule has 0 aliphatic carbocycles. The van der Waals surface area contributed by atoms with Crippen LogP contribution in [0.3, 0.4) is 0 Å². The normalized spacial score (nSPS) is 13.1. The molecular weight excluding hydrogens is 302 g/mol. The number of hydrogen-bond acceptors (Lipinski definition) is 2. The van der Waals surface area contributed by atoms with Gasteiger partial charge in [-0.1, -0.05) is 44.5 Å². The zero-order valence-electron chi connectivity index (χ0n) is 12.5. The van der Waals surface area contributed by atoms with Gasteiger partial charge in [-0.3, -0.25) is 4.21 Å². The van der Waals surface area contributed by atoms with Crippen LogP contribution in [0.4, 0.5) is 5.69 Å². The van der Waals surface area contributed by atoms with Crippen LogP contribution in [-0.4, -0.2) is 4.21 Å². The van der Waals surface area contributed by atoms with Crippen LogP contribution in [0.1, 0.15) is 31.9 Å². The standard InChI is InChI=1S/C17H20ClNOS/c1-17(2,3)13-4-7-15(8-5-13)21(20)11-12-10-14(18)6-9-16(12)19/h4-10H,11,19H2,1-3H3. The number of nitrogen functional groups attached to an aromatic ring is 1. The molecule has 0 saturated heterocycles. The van der Waals surface area contributed by atoms with Gasteiger partial charge < -0.3 is 5.73 Å². The highest BCUT2D eigenvalue weighted by Gasteiger charge is 2.14. The van der Waals surface area contributed by atoms with Gasteiger partial charge >= 0.3 is 0 Å². The van der Waals surface area contributed by atoms with Gasteiger partial charge in [-0.25, -0.2) is 0 Å². The lowest BCUT2D eigenvalue weighted by atomic mass is 9.87. The molecule has 2 N–H and O–H groups in total. The molecule has 0 saturated carbocycles. The SMILES string of the molecule is CC(C)(C)c1ccc(S(=O)Cc2cc(Cl)ccc2N)cc1. The molecule has 2 aromatic carbocycles. The highest BCUT2D eigenvalue weighted by atomic mass is 35.5. The molecule has 0 spiro atoms. The van der Waals surface area contributed by atoms with Crippen LogP contribution in [0.2, 0.25) is 5.02 Å². The maximum absolute atomic E-state index is 12.5. The highest BCUT2D eigenvalue weighted by molar-refractivity contribution is 7.84. The van der Waals surface area contributed by atoms with Crippen LogP contribution >= 0.6 is 11.6 Å². The van der Waals surface area contributed by atoms with Crippen LogP contribution < -0.4 is 5.73 Å². The van der Waals surface area contributed by atoms with Crippen LogP contribution in [0, 0.1) is 0 Å². The second kappa shape index (κ2) is 6.20. The second-order valence-corrected chi connectivity index (χ2v) is 7.99. The Bertz CT molecular complexity index is 659. The number of nitrogens with two attached hydrogens (primary N) is 1. The molecule has 1 atom stereocenters. The Balaban J connectivity index is 2.19. The van der Waals surface area contributed by atoms with Crippen molar-refractivity contribution in [1.29, 1.82) is 0 Å². The Hall–Kier alpha value is -1.32. The van der Waals surface area contributed by atoms with E-state index in [0.29, 0.717) is 16.5 Å². The fourth-order valence-electron chi connectivity index (χ4n) is 2.03. The van der Waals surface area contributed by atoms with Crippen LogP contribution in [0.5, 0.6) is 0 Å². The van der Waals surface area contributed by atoms with Crippen LogP contribution in [-0.2, 0) is 22.0 Å². The third-order valence-electron chi connectivity index (χ3n) is 3.37. The van der Waals surface area contributed by atoms with Crippen LogP contribution in [0.25, 0.3) is 0 Å². The summed E-state index contributed by atoms with van der Waals surface area (Å²) in [5.74, 6) is 0.376. The van der Waals surface area contributed by atoms with E-state index in [9.17, 15) is 4.21 Å². The topological polar surface area (TPSA) is 43.1 Å². The van der Waals surface area contributed by atoms with Gasteiger partial charge in [0.25, 0.3) is 0 Å². The Kier molecular flexibility index (Phi) is 4.74. The van der Waals surface area contributed by atoms with Crippen molar-refractivity contribution in [2.45, 2.75) is 36.8 Å². The predicted molar refractivity (Wildman–Crippen MR) is 91.1 cm³/mol. The first kappa shape index (κ1) is 16.1. The smallest absolute Gasteiger partial charge is 0.0574 e. The van der Waals surface area contributed by atoms with Gasteiger partial charge in [-0.05, 0) is 46.9 Å². The summed E-state index contributed by atoms with van der Waals surface area (Å²) in [6.07, 6.45) is 0. The monoisotopic (exact) mass is 321 g/mol. The molecular formula is C17H20ClNOS. The summed E-state index contributed by atoms with van der Waals surface area (Å²) in [5, 5.41) is 0.610. The first-order valence-corrected chi connectivity index (χ1v) is 8.50. The third kappa shape index (κ3) is 4.08. The van der Waals surface area contributed by atoms with E-state index in [4.69, 9.17) is 17.3 Å². The molecule has 0 aliphatic rings. The summed E-state index contributed by atoms with van der Waals surface area (Å²) in [6, 6.07) is 13.2. The van der Waals surface area contributed by atoms with E-state index in [1.54, 1.807) is 18.2 Å². The lowest BCUT2D eigenvalue weighted by molar-refractivity contribution is 0.589. The Morgan fingerprint density at radius 2 is 1.71 bits per heavy atom. The highest BCUT2D eigenvalue weighted by Crippen LogP contribution is 2.25. The summed E-state index contributed by atoms with van der Waals surface area (Å²) < 4.78 is 12.5. The van der Waals surface area contributed by atoms with Gasteiger partial charge in [0.1, 0.15) is 0 Å². The minimum atomic E-state index is -1.13. The van der Waals surface area contributed by atoms with E-state index in [-0.39, 0.29) is 5.41 Å². The lowest BCUT2D eigenvalue weighted by Crippen LogP contribution is -2.11. The van der Waals surface area contributed by atoms with Crippen molar-refractivity contribution in [3.8, 4) is 0 Å². The van der Waals surface area contributed by atoms with Crippen molar-refractivity contribution in [3.63, 3.8) is 0 Å². The molecule has 0 amide bonds. The van der Waals surface area contributed by atoms with E-state index >= 15 is 0 Å². The molecule has 0 radical (unpaired) electrons. The van der Waals surface area contributed by atoms with Gasteiger partial charge in [0.15, 0.2) is 0 Å². The van der Waals surface area contributed by atoms with E-state index in [2.05, 4.69) is 20.8 Å². The fraction of sp³-hybridized carbons (Fsp3) is 0.294. The Morgan fingerprint density at radius 3 is 2.29 bits per heavy atom. The zero-order chi connectivity index (χ0) is 15.6.